The first-order chi connectivity index (χ1) is 12.5. The van der Waals surface area contributed by atoms with Crippen LogP contribution >= 0.6 is 0 Å². The molecule has 1 aliphatic carbocycles. The summed E-state index contributed by atoms with van der Waals surface area (Å²) in [6, 6.07) is 15.0. The summed E-state index contributed by atoms with van der Waals surface area (Å²) in [6.07, 6.45) is 5.11. The van der Waals surface area contributed by atoms with Crippen molar-refractivity contribution in [1.82, 2.24) is 9.80 Å². The molecule has 2 aromatic carbocycles. The number of amides is 1. The molecule has 4 heteroatoms. The molecule has 3 rings (SSSR count). The van der Waals surface area contributed by atoms with Gasteiger partial charge in [0, 0.05) is 30.8 Å². The van der Waals surface area contributed by atoms with Crippen LogP contribution in [0.25, 0.3) is 0 Å². The van der Waals surface area contributed by atoms with Crippen molar-refractivity contribution in [3.8, 4) is 0 Å². The van der Waals surface area contributed by atoms with Crippen molar-refractivity contribution in [2.24, 2.45) is 0 Å². The van der Waals surface area contributed by atoms with Gasteiger partial charge in [0.1, 0.15) is 5.82 Å². The highest BCUT2D eigenvalue weighted by Gasteiger charge is 2.29. The monoisotopic (exact) mass is 352 g/mol. The topological polar surface area (TPSA) is 23.6 Å². The van der Waals surface area contributed by atoms with E-state index in [1.807, 2.05) is 48.2 Å². The Morgan fingerprint density at radius 1 is 1.08 bits per heavy atom. The molecule has 0 fully saturated rings. The van der Waals surface area contributed by atoms with Crippen molar-refractivity contribution >= 4 is 5.91 Å². The summed E-state index contributed by atoms with van der Waals surface area (Å²) in [5, 5.41) is 0. The van der Waals surface area contributed by atoms with Gasteiger partial charge in [0.05, 0.1) is 0 Å². The van der Waals surface area contributed by atoms with Crippen LogP contribution in [0, 0.1) is 5.82 Å². The van der Waals surface area contributed by atoms with Crippen LogP contribution in [0.3, 0.4) is 0 Å². The van der Waals surface area contributed by atoms with Gasteiger partial charge in [-0.1, -0.05) is 48.5 Å². The third-order valence-electron chi connectivity index (χ3n) is 4.78. The van der Waals surface area contributed by atoms with Gasteiger partial charge in [0.2, 0.25) is 5.91 Å². The normalized spacial score (nSPS) is 14.2. The molecule has 0 unspecified atom stereocenters. The Labute approximate surface area is 154 Å². The van der Waals surface area contributed by atoms with E-state index in [1.165, 1.54) is 17.2 Å². The molecule has 1 aliphatic rings. The van der Waals surface area contributed by atoms with E-state index < -0.39 is 0 Å². The lowest BCUT2D eigenvalue weighted by Crippen LogP contribution is -2.39. The largest absolute Gasteiger partial charge is 0.331 e. The molecule has 136 valence electrons. The van der Waals surface area contributed by atoms with Crippen molar-refractivity contribution in [3.05, 3.63) is 83.2 Å². The highest BCUT2D eigenvalue weighted by molar-refractivity contribution is 5.88. The third kappa shape index (κ3) is 4.38. The van der Waals surface area contributed by atoms with E-state index in [0.717, 1.165) is 12.8 Å². The van der Waals surface area contributed by atoms with Gasteiger partial charge in [-0.25, -0.2) is 4.39 Å². The van der Waals surface area contributed by atoms with Crippen LogP contribution in [-0.2, 0) is 24.2 Å². The zero-order chi connectivity index (χ0) is 18.5. The van der Waals surface area contributed by atoms with Crippen molar-refractivity contribution in [1.29, 1.82) is 0 Å². The molecule has 0 saturated carbocycles. The Kier molecular flexibility index (Phi) is 5.84. The van der Waals surface area contributed by atoms with Crippen LogP contribution in [-0.4, -0.2) is 42.4 Å². The Morgan fingerprint density at radius 2 is 1.69 bits per heavy atom. The number of rotatable bonds is 6. The van der Waals surface area contributed by atoms with Gasteiger partial charge >= 0.3 is 0 Å². The minimum absolute atomic E-state index is 0.0588. The number of hydrogen-bond donors (Lipinski definition) is 0. The zero-order valence-electron chi connectivity index (χ0n) is 15.4. The maximum atomic E-state index is 14.2. The fourth-order valence-electron chi connectivity index (χ4n) is 3.41. The Bertz CT molecular complexity index is 775. The van der Waals surface area contributed by atoms with E-state index in [-0.39, 0.29) is 24.3 Å². The number of benzene rings is 2. The van der Waals surface area contributed by atoms with Crippen molar-refractivity contribution in [2.45, 2.75) is 25.4 Å². The Balaban J connectivity index is 1.81. The van der Waals surface area contributed by atoms with E-state index in [1.54, 1.807) is 18.2 Å². The molecule has 3 nitrogen and oxygen atoms in total. The van der Waals surface area contributed by atoms with E-state index in [4.69, 9.17) is 0 Å². The van der Waals surface area contributed by atoms with Crippen LogP contribution < -0.4 is 0 Å². The second-order valence-corrected chi connectivity index (χ2v) is 7.05. The number of hydrogen-bond acceptors (Lipinski definition) is 2. The Morgan fingerprint density at radius 3 is 2.31 bits per heavy atom. The molecule has 26 heavy (non-hydrogen) atoms. The molecular formula is C22H25FN2O. The molecule has 0 bridgehead atoms. The number of halogens is 1. The zero-order valence-corrected chi connectivity index (χ0v) is 15.4. The average Bonchev–Trinajstić information content (AvgIpc) is 3.04. The second kappa shape index (κ2) is 8.28. The number of carbonyl (C=O) groups excluding carboxylic acids is 1. The number of nitrogens with zero attached hydrogens (tertiary/aromatic N) is 2. The minimum Gasteiger partial charge on any atom is -0.331 e. The summed E-state index contributed by atoms with van der Waals surface area (Å²) in [5.41, 5.74) is 3.11. The van der Waals surface area contributed by atoms with Gasteiger partial charge in [-0.05, 0) is 44.1 Å². The van der Waals surface area contributed by atoms with Crippen LogP contribution in [0.5, 0.6) is 0 Å². The van der Waals surface area contributed by atoms with Crippen molar-refractivity contribution in [3.63, 3.8) is 0 Å². The summed E-state index contributed by atoms with van der Waals surface area (Å²) in [5.74, 6) is -0.328. The van der Waals surface area contributed by atoms with Crippen LogP contribution in [0.15, 0.2) is 60.7 Å². The molecule has 0 heterocycles. The number of likely N-dealkylation sites (N-methyl/N-ethyl adjacent to an activating group) is 1. The van der Waals surface area contributed by atoms with E-state index in [2.05, 4.69) is 12.1 Å². The SMILES string of the molecule is CN(C)C/C=C/C(=O)N(Cc1ccccc1F)C1Cc2ccccc2C1. The number of carbonyl (C=O) groups is 1. The molecule has 0 radical (unpaired) electrons. The van der Waals surface area contributed by atoms with Gasteiger partial charge in [-0.3, -0.25) is 4.79 Å². The summed E-state index contributed by atoms with van der Waals surface area (Å²) in [7, 11) is 3.92. The van der Waals surface area contributed by atoms with Crippen molar-refractivity contribution < 1.29 is 9.18 Å². The lowest BCUT2D eigenvalue weighted by Gasteiger charge is -2.28. The summed E-state index contributed by atoms with van der Waals surface area (Å²) in [4.78, 5) is 16.7. The molecule has 0 saturated heterocycles. The van der Waals surface area contributed by atoms with E-state index >= 15 is 0 Å². The van der Waals surface area contributed by atoms with Gasteiger partial charge in [-0.15, -0.1) is 0 Å². The Hall–Kier alpha value is -2.46. The van der Waals surface area contributed by atoms with Crippen LogP contribution in [0.1, 0.15) is 16.7 Å². The smallest absolute Gasteiger partial charge is 0.246 e. The molecule has 0 aliphatic heterocycles. The minimum atomic E-state index is -0.266. The highest BCUT2D eigenvalue weighted by atomic mass is 19.1. The van der Waals surface area contributed by atoms with Crippen LogP contribution in [0.4, 0.5) is 4.39 Å². The second-order valence-electron chi connectivity index (χ2n) is 7.05. The standard InChI is InChI=1S/C22H25FN2O/c1-24(2)13-7-12-22(26)25(16-19-10-5-6-11-21(19)23)20-14-17-8-3-4-9-18(17)15-20/h3-12,20H,13-16H2,1-2H3/b12-7+. The summed E-state index contributed by atoms with van der Waals surface area (Å²) in [6.45, 7) is 0.987. The number of fused-ring (bicyclic) bond motifs is 1. The molecular weight excluding hydrogens is 327 g/mol. The fraction of sp³-hybridized carbons (Fsp3) is 0.318. The molecule has 2 aromatic rings. The summed E-state index contributed by atoms with van der Waals surface area (Å²) < 4.78 is 14.2. The van der Waals surface area contributed by atoms with Crippen molar-refractivity contribution in [2.75, 3.05) is 20.6 Å². The maximum absolute atomic E-state index is 14.2. The van der Waals surface area contributed by atoms with Gasteiger partial charge in [-0.2, -0.15) is 0 Å². The van der Waals surface area contributed by atoms with Crippen LogP contribution in [0.2, 0.25) is 0 Å². The first kappa shape index (κ1) is 18.3. The van der Waals surface area contributed by atoms with Gasteiger partial charge in [0.15, 0.2) is 0 Å². The lowest BCUT2D eigenvalue weighted by molar-refractivity contribution is -0.128. The molecule has 1 amide bonds. The van der Waals surface area contributed by atoms with E-state index in [9.17, 15) is 9.18 Å². The lowest BCUT2D eigenvalue weighted by atomic mass is 10.1. The maximum Gasteiger partial charge on any atom is 0.246 e. The predicted octanol–water partition coefficient (Wildman–Crippen LogP) is 3.44. The molecule has 0 atom stereocenters. The van der Waals surface area contributed by atoms with Gasteiger partial charge in [0.25, 0.3) is 0 Å². The average molecular weight is 352 g/mol. The highest BCUT2D eigenvalue weighted by Crippen LogP contribution is 2.27. The first-order valence-electron chi connectivity index (χ1n) is 8.96. The molecule has 0 spiro atoms. The van der Waals surface area contributed by atoms with Gasteiger partial charge < -0.3 is 9.80 Å². The first-order valence-corrected chi connectivity index (χ1v) is 8.96. The quantitative estimate of drug-likeness (QED) is 0.744. The molecule has 0 N–H and O–H groups in total. The third-order valence-corrected chi connectivity index (χ3v) is 4.78. The molecule has 0 aromatic heterocycles. The fourth-order valence-corrected chi connectivity index (χ4v) is 3.41. The predicted molar refractivity (Wildman–Crippen MR) is 102 cm³/mol. The van der Waals surface area contributed by atoms with E-state index in [0.29, 0.717) is 12.1 Å². The summed E-state index contributed by atoms with van der Waals surface area (Å²) >= 11 is 0.